The lowest BCUT2D eigenvalue weighted by Gasteiger charge is -2.35. The molecule has 1 heterocycles. The van der Waals surface area contributed by atoms with E-state index in [-0.39, 0.29) is 27.6 Å². The first-order valence-corrected chi connectivity index (χ1v) is 29.4. The average molecular weight is 1070 g/mol. The van der Waals surface area contributed by atoms with Gasteiger partial charge in [0.15, 0.2) is 0 Å². The third-order valence-electron chi connectivity index (χ3n) is 17.4. The molecule has 82 heavy (non-hydrogen) atoms. The molecule has 13 rings (SSSR count). The predicted octanol–water partition coefficient (Wildman–Crippen LogP) is 22.4. The molecule has 0 saturated carbocycles. The van der Waals surface area contributed by atoms with Crippen molar-refractivity contribution in [3.8, 4) is 16.8 Å². The van der Waals surface area contributed by atoms with Crippen molar-refractivity contribution in [1.29, 1.82) is 0 Å². The van der Waals surface area contributed by atoms with E-state index in [0.717, 1.165) is 39.8 Å². The molecule has 3 nitrogen and oxygen atoms in total. The molecular weight excluding hydrogens is 991 g/mol. The number of benzene rings is 11. The predicted molar refractivity (Wildman–Crippen MR) is 353 cm³/mol. The zero-order chi connectivity index (χ0) is 57.0. The summed E-state index contributed by atoms with van der Waals surface area (Å²) in [5, 5.41) is 7.22. The zero-order valence-electron chi connectivity index (χ0n) is 49.9. The Bertz CT molecular complexity index is 4330. The van der Waals surface area contributed by atoms with Gasteiger partial charge in [0, 0.05) is 66.7 Å². The molecule has 0 unspecified atom stereocenters. The van der Waals surface area contributed by atoms with E-state index in [9.17, 15) is 0 Å². The van der Waals surface area contributed by atoms with Gasteiger partial charge in [0.1, 0.15) is 0 Å². The molecule has 1 aromatic heterocycles. The molecule has 0 N–H and O–H groups in total. The lowest BCUT2D eigenvalue weighted by molar-refractivity contribution is 0.590. The van der Waals surface area contributed by atoms with Crippen LogP contribution in [-0.4, -0.2) is 4.57 Å². The highest BCUT2D eigenvalue weighted by atomic mass is 15.2. The van der Waals surface area contributed by atoms with Crippen molar-refractivity contribution in [3.63, 3.8) is 0 Å². The van der Waals surface area contributed by atoms with Crippen LogP contribution in [0.3, 0.4) is 0 Å². The Kier molecular flexibility index (Phi) is 12.5. The molecule has 0 saturated heterocycles. The summed E-state index contributed by atoms with van der Waals surface area (Å²) in [7, 11) is 0. The Morgan fingerprint density at radius 3 is 1.13 bits per heavy atom. The number of nitrogens with zero attached hydrogens (tertiary/aromatic N) is 3. The zero-order valence-corrected chi connectivity index (χ0v) is 49.9. The number of rotatable bonds is 8. The molecule has 0 fully saturated rings. The second-order valence-corrected chi connectivity index (χ2v) is 27.1. The van der Waals surface area contributed by atoms with Gasteiger partial charge in [0.25, 0.3) is 0 Å². The lowest BCUT2D eigenvalue weighted by Crippen LogP contribution is -2.18. The molecule has 11 aromatic carbocycles. The van der Waals surface area contributed by atoms with Gasteiger partial charge in [-0.1, -0.05) is 235 Å². The fourth-order valence-corrected chi connectivity index (χ4v) is 13.0. The van der Waals surface area contributed by atoms with Crippen LogP contribution in [-0.2, 0) is 21.7 Å². The van der Waals surface area contributed by atoms with Gasteiger partial charge in [-0.2, -0.15) is 0 Å². The second kappa shape index (κ2) is 19.5. The van der Waals surface area contributed by atoms with Gasteiger partial charge in [-0.25, -0.2) is 0 Å². The smallest absolute Gasteiger partial charge is 0.0620 e. The molecule has 12 aromatic rings. The van der Waals surface area contributed by atoms with E-state index in [1.54, 1.807) is 0 Å². The van der Waals surface area contributed by atoms with Crippen LogP contribution in [0.1, 0.15) is 128 Å². The van der Waals surface area contributed by atoms with Crippen LogP contribution in [0.2, 0.25) is 0 Å². The first kappa shape index (κ1) is 52.7. The fraction of sp³-hybridized carbons (Fsp3) is 0.215. The van der Waals surface area contributed by atoms with Crippen molar-refractivity contribution < 1.29 is 0 Å². The standard InChI is InChI=1S/C79H75N3/c1-76(2,3)52-35-41-56(42-36-52)80(58-24-21-23-51(47-58)73-65-31-15-13-27-61(65)62-28-14-16-32-66(62)73)74-67-45-39-55(79(10,11)12)49-70(67)75(68-46-40-54(48-69(68)74)78(7,8)9)81(57-43-37-53(38-44-57)77(4,5)6)59-25-22-26-60(50-59)82-71-33-19-17-29-63(71)64-30-18-20-34-72(64)82/h13-50,73H,1-12H3. The SMILES string of the molecule is CC(C)(C)c1ccc(N(c2cccc(C3c4ccccc4-c4ccccc43)c2)c2c3ccc(C(C)(C)C)cc3c(N(c3ccc(C(C)(C)C)cc3)c3cccc(-n4c5ccccc5c5ccccc54)c3)c3ccc(C(C)(C)C)cc23)cc1. The summed E-state index contributed by atoms with van der Waals surface area (Å²) in [5.41, 5.74) is 21.7. The van der Waals surface area contributed by atoms with E-state index in [1.807, 2.05) is 0 Å². The highest BCUT2D eigenvalue weighted by Gasteiger charge is 2.33. The minimum absolute atomic E-state index is 0.0219. The van der Waals surface area contributed by atoms with E-state index in [2.05, 4.69) is 328 Å². The Balaban J connectivity index is 1.14. The van der Waals surface area contributed by atoms with Crippen LogP contribution < -0.4 is 9.80 Å². The van der Waals surface area contributed by atoms with E-state index in [4.69, 9.17) is 0 Å². The largest absolute Gasteiger partial charge is 0.309 e. The first-order chi connectivity index (χ1) is 39.2. The Hall–Kier alpha value is -8.66. The number of hydrogen-bond acceptors (Lipinski definition) is 2. The minimum Gasteiger partial charge on any atom is -0.309 e. The van der Waals surface area contributed by atoms with Gasteiger partial charge in [-0.05, 0) is 151 Å². The molecule has 1 aliphatic carbocycles. The first-order valence-electron chi connectivity index (χ1n) is 29.4. The topological polar surface area (TPSA) is 11.4 Å². The van der Waals surface area contributed by atoms with Crippen molar-refractivity contribution in [3.05, 3.63) is 269 Å². The number of fused-ring (bicyclic) bond motifs is 8. The second-order valence-electron chi connectivity index (χ2n) is 27.1. The summed E-state index contributed by atoms with van der Waals surface area (Å²) in [6.07, 6.45) is 0. The third kappa shape index (κ3) is 9.06. The summed E-state index contributed by atoms with van der Waals surface area (Å²) in [5.74, 6) is 0.0895. The maximum absolute atomic E-state index is 2.59. The van der Waals surface area contributed by atoms with Gasteiger partial charge in [-0.15, -0.1) is 0 Å². The number of aromatic nitrogens is 1. The van der Waals surface area contributed by atoms with Crippen molar-refractivity contribution in [2.24, 2.45) is 0 Å². The molecule has 0 aliphatic heterocycles. The fourth-order valence-electron chi connectivity index (χ4n) is 13.0. The number of anilines is 6. The molecule has 3 heteroatoms. The highest BCUT2D eigenvalue weighted by molar-refractivity contribution is 6.24. The molecule has 406 valence electrons. The summed E-state index contributed by atoms with van der Waals surface area (Å²) < 4.78 is 2.45. The monoisotopic (exact) mass is 1070 g/mol. The summed E-state index contributed by atoms with van der Waals surface area (Å²) in [4.78, 5) is 5.16. The van der Waals surface area contributed by atoms with E-state index >= 15 is 0 Å². The van der Waals surface area contributed by atoms with Crippen molar-refractivity contribution in [1.82, 2.24) is 4.57 Å². The van der Waals surface area contributed by atoms with Crippen LogP contribution in [0.4, 0.5) is 34.1 Å². The molecule has 0 radical (unpaired) electrons. The van der Waals surface area contributed by atoms with Crippen LogP contribution in [0, 0.1) is 0 Å². The van der Waals surface area contributed by atoms with Crippen molar-refractivity contribution in [2.45, 2.75) is 111 Å². The summed E-state index contributed by atoms with van der Waals surface area (Å²) >= 11 is 0. The van der Waals surface area contributed by atoms with Crippen LogP contribution in [0.25, 0.3) is 60.2 Å². The number of para-hydroxylation sites is 2. The van der Waals surface area contributed by atoms with Crippen LogP contribution in [0.5, 0.6) is 0 Å². The van der Waals surface area contributed by atoms with Crippen molar-refractivity contribution >= 4 is 77.5 Å². The normalized spacial score (nSPS) is 13.1. The summed E-state index contributed by atoms with van der Waals surface area (Å²) in [6, 6.07) is 87.9. The molecule has 0 bridgehead atoms. The average Bonchev–Trinajstić information content (AvgIpc) is 2.17. The quantitative estimate of drug-likeness (QED) is 0.111. The Morgan fingerprint density at radius 1 is 0.293 bits per heavy atom. The maximum Gasteiger partial charge on any atom is 0.0620 e. The van der Waals surface area contributed by atoms with Gasteiger partial charge >= 0.3 is 0 Å². The molecule has 0 atom stereocenters. The van der Waals surface area contributed by atoms with Crippen molar-refractivity contribution in [2.75, 3.05) is 9.80 Å². The molecule has 0 spiro atoms. The Morgan fingerprint density at radius 2 is 0.683 bits per heavy atom. The van der Waals surface area contributed by atoms with E-state index < -0.39 is 0 Å². The van der Waals surface area contributed by atoms with E-state index in [1.165, 1.54) is 93.4 Å². The van der Waals surface area contributed by atoms with Crippen LogP contribution >= 0.6 is 0 Å². The van der Waals surface area contributed by atoms with E-state index in [0.29, 0.717) is 0 Å². The Labute approximate surface area is 486 Å². The minimum atomic E-state index is -0.142. The lowest BCUT2D eigenvalue weighted by atomic mass is 9.82. The number of hydrogen-bond donors (Lipinski definition) is 0. The molecule has 1 aliphatic rings. The van der Waals surface area contributed by atoms with Crippen LogP contribution in [0.15, 0.2) is 231 Å². The van der Waals surface area contributed by atoms with Gasteiger partial charge < -0.3 is 14.4 Å². The highest BCUT2D eigenvalue weighted by Crippen LogP contribution is 2.54. The van der Waals surface area contributed by atoms with Gasteiger partial charge in [-0.3, -0.25) is 0 Å². The third-order valence-corrected chi connectivity index (χ3v) is 17.4. The van der Waals surface area contributed by atoms with Gasteiger partial charge in [0.05, 0.1) is 22.4 Å². The molecule has 0 amide bonds. The maximum atomic E-state index is 2.59. The summed E-state index contributed by atoms with van der Waals surface area (Å²) in [6.45, 7) is 27.9. The van der Waals surface area contributed by atoms with Gasteiger partial charge in [0.2, 0.25) is 0 Å². The molecular formula is C79H75N3.